The molecule has 0 fully saturated rings. The normalized spacial score (nSPS) is 11.9. The van der Waals surface area contributed by atoms with E-state index in [0.717, 1.165) is 27.8 Å². The number of halogens is 1. The first-order chi connectivity index (χ1) is 8.32. The average Bonchev–Trinajstić information content (AvgIpc) is 2.26. The summed E-state index contributed by atoms with van der Waals surface area (Å²) in [6.45, 7) is 8.27. The predicted molar refractivity (Wildman–Crippen MR) is 74.7 cm³/mol. The van der Waals surface area contributed by atoms with Crippen LogP contribution in [-0.4, -0.2) is 12.0 Å². The van der Waals surface area contributed by atoms with Gasteiger partial charge in [0, 0.05) is 18.0 Å². The van der Waals surface area contributed by atoms with E-state index in [9.17, 15) is 4.39 Å². The first-order valence-corrected chi connectivity index (χ1v) is 6.12. The number of nitrogens with zero attached hydrogens (tertiary/aromatic N) is 1. The summed E-state index contributed by atoms with van der Waals surface area (Å²) >= 11 is 0. The smallest absolute Gasteiger partial charge is 0.130 e. The number of pyridine rings is 1. The molecule has 0 radical (unpaired) electrons. The van der Waals surface area contributed by atoms with Crippen LogP contribution in [0.4, 0.5) is 10.2 Å². The minimum atomic E-state index is -0.209. The van der Waals surface area contributed by atoms with Crippen molar-refractivity contribution in [1.82, 2.24) is 4.98 Å². The lowest BCUT2D eigenvalue weighted by Crippen LogP contribution is -2.15. The molecule has 0 atom stereocenters. The Morgan fingerprint density at radius 2 is 1.83 bits per heavy atom. The molecule has 2 rings (SSSR count). The van der Waals surface area contributed by atoms with Crippen LogP contribution in [0.2, 0.25) is 0 Å². The molecule has 2 nitrogen and oxygen atoms in total. The summed E-state index contributed by atoms with van der Waals surface area (Å²) in [6, 6.07) is 5.10. The Morgan fingerprint density at radius 1 is 1.17 bits per heavy atom. The third kappa shape index (κ3) is 2.17. The molecule has 0 bridgehead atoms. The highest BCUT2D eigenvalue weighted by Crippen LogP contribution is 2.32. The molecule has 1 heterocycles. The van der Waals surface area contributed by atoms with E-state index in [0.29, 0.717) is 0 Å². The summed E-state index contributed by atoms with van der Waals surface area (Å²) in [4.78, 5) is 4.62. The van der Waals surface area contributed by atoms with Crippen molar-refractivity contribution >= 4 is 16.7 Å². The van der Waals surface area contributed by atoms with Gasteiger partial charge in [0.15, 0.2) is 0 Å². The summed E-state index contributed by atoms with van der Waals surface area (Å²) in [5.74, 6) is 0.656. The van der Waals surface area contributed by atoms with Gasteiger partial charge in [-0.1, -0.05) is 20.8 Å². The van der Waals surface area contributed by atoms with E-state index in [1.54, 1.807) is 6.07 Å². The zero-order chi connectivity index (χ0) is 13.5. The Kier molecular flexibility index (Phi) is 3.01. The molecule has 96 valence electrons. The molecule has 0 saturated carbocycles. The van der Waals surface area contributed by atoms with E-state index in [2.05, 4.69) is 31.1 Å². The van der Waals surface area contributed by atoms with Crippen molar-refractivity contribution in [3.05, 3.63) is 35.1 Å². The number of benzene rings is 1. The highest BCUT2D eigenvalue weighted by molar-refractivity contribution is 5.85. The first kappa shape index (κ1) is 12.8. The van der Waals surface area contributed by atoms with Crippen molar-refractivity contribution in [1.29, 1.82) is 0 Å². The number of fused-ring (bicyclic) bond motifs is 1. The van der Waals surface area contributed by atoms with Crippen LogP contribution in [0.1, 0.15) is 31.9 Å². The minimum absolute atomic E-state index is 0.0280. The summed E-state index contributed by atoms with van der Waals surface area (Å²) in [6.07, 6.45) is 0. The zero-order valence-corrected chi connectivity index (χ0v) is 11.6. The van der Waals surface area contributed by atoms with Gasteiger partial charge in [-0.25, -0.2) is 9.37 Å². The number of hydrogen-bond donors (Lipinski definition) is 1. The fourth-order valence-corrected chi connectivity index (χ4v) is 2.18. The fourth-order valence-electron chi connectivity index (χ4n) is 2.18. The number of hydrogen-bond acceptors (Lipinski definition) is 2. The quantitative estimate of drug-likeness (QED) is 0.822. The molecule has 0 unspecified atom stereocenters. The molecule has 0 aliphatic heterocycles. The Balaban J connectivity index is 2.81. The van der Waals surface area contributed by atoms with Crippen LogP contribution in [0.3, 0.4) is 0 Å². The molecule has 1 N–H and O–H groups in total. The molecule has 0 spiro atoms. The minimum Gasteiger partial charge on any atom is -0.373 e. The molecule has 3 heteroatoms. The second-order valence-corrected chi connectivity index (χ2v) is 5.68. The Morgan fingerprint density at radius 3 is 2.39 bits per heavy atom. The van der Waals surface area contributed by atoms with Crippen LogP contribution in [0.5, 0.6) is 0 Å². The molecule has 2 aromatic rings. The number of rotatable bonds is 1. The number of aryl methyl sites for hydroxylation is 1. The van der Waals surface area contributed by atoms with Gasteiger partial charge in [0.1, 0.15) is 11.6 Å². The highest BCUT2D eigenvalue weighted by atomic mass is 19.1. The lowest BCUT2D eigenvalue weighted by Gasteiger charge is -2.23. The van der Waals surface area contributed by atoms with Crippen LogP contribution in [0.15, 0.2) is 18.2 Å². The molecule has 0 amide bonds. The molecular formula is C15H19FN2. The molecule has 0 aliphatic carbocycles. The lowest BCUT2D eigenvalue weighted by atomic mass is 9.86. The highest BCUT2D eigenvalue weighted by Gasteiger charge is 2.20. The maximum absolute atomic E-state index is 13.5. The number of anilines is 1. The van der Waals surface area contributed by atoms with Crippen molar-refractivity contribution in [2.75, 3.05) is 12.4 Å². The zero-order valence-electron chi connectivity index (χ0n) is 11.6. The second kappa shape index (κ2) is 4.23. The van der Waals surface area contributed by atoms with E-state index in [1.807, 2.05) is 20.0 Å². The predicted octanol–water partition coefficient (Wildman–Crippen LogP) is 4.02. The van der Waals surface area contributed by atoms with Gasteiger partial charge in [-0.3, -0.25) is 0 Å². The maximum Gasteiger partial charge on any atom is 0.130 e. The second-order valence-electron chi connectivity index (χ2n) is 5.68. The van der Waals surface area contributed by atoms with Crippen molar-refractivity contribution in [3.8, 4) is 0 Å². The summed E-state index contributed by atoms with van der Waals surface area (Å²) in [7, 11) is 1.86. The summed E-state index contributed by atoms with van der Waals surface area (Å²) < 4.78 is 13.5. The lowest BCUT2D eigenvalue weighted by molar-refractivity contribution is 0.590. The number of nitrogens with one attached hydrogen (secondary N) is 1. The van der Waals surface area contributed by atoms with Gasteiger partial charge in [-0.2, -0.15) is 0 Å². The molecule has 18 heavy (non-hydrogen) atoms. The van der Waals surface area contributed by atoms with Gasteiger partial charge < -0.3 is 5.32 Å². The Labute approximate surface area is 107 Å². The SMILES string of the molecule is CNc1nc2c(C)cc(F)cc2cc1C(C)(C)C. The Hall–Kier alpha value is -1.64. The van der Waals surface area contributed by atoms with Crippen LogP contribution in [-0.2, 0) is 5.41 Å². The molecule has 1 aromatic heterocycles. The van der Waals surface area contributed by atoms with Gasteiger partial charge in [0.2, 0.25) is 0 Å². The molecule has 0 saturated heterocycles. The Bertz CT molecular complexity index is 597. The van der Waals surface area contributed by atoms with Crippen molar-refractivity contribution in [2.24, 2.45) is 0 Å². The molecule has 0 aliphatic rings. The third-order valence-electron chi connectivity index (χ3n) is 3.12. The largest absolute Gasteiger partial charge is 0.373 e. The van der Waals surface area contributed by atoms with Crippen molar-refractivity contribution in [3.63, 3.8) is 0 Å². The monoisotopic (exact) mass is 246 g/mol. The number of aromatic nitrogens is 1. The van der Waals surface area contributed by atoms with Gasteiger partial charge in [0.25, 0.3) is 0 Å². The molecular weight excluding hydrogens is 227 g/mol. The van der Waals surface area contributed by atoms with Gasteiger partial charge in [-0.15, -0.1) is 0 Å². The maximum atomic E-state index is 13.5. The average molecular weight is 246 g/mol. The van der Waals surface area contributed by atoms with Crippen LogP contribution >= 0.6 is 0 Å². The van der Waals surface area contributed by atoms with Crippen molar-refractivity contribution < 1.29 is 4.39 Å². The van der Waals surface area contributed by atoms with E-state index in [4.69, 9.17) is 0 Å². The van der Waals surface area contributed by atoms with Crippen LogP contribution in [0, 0.1) is 12.7 Å². The van der Waals surface area contributed by atoms with E-state index >= 15 is 0 Å². The van der Waals surface area contributed by atoms with Gasteiger partial charge >= 0.3 is 0 Å². The fraction of sp³-hybridized carbons (Fsp3) is 0.400. The van der Waals surface area contributed by atoms with Gasteiger partial charge in [-0.05, 0) is 36.1 Å². The van der Waals surface area contributed by atoms with Crippen molar-refractivity contribution in [2.45, 2.75) is 33.1 Å². The first-order valence-electron chi connectivity index (χ1n) is 6.12. The van der Waals surface area contributed by atoms with E-state index < -0.39 is 0 Å². The van der Waals surface area contributed by atoms with Crippen LogP contribution in [0.25, 0.3) is 10.9 Å². The van der Waals surface area contributed by atoms with Gasteiger partial charge in [0.05, 0.1) is 5.52 Å². The topological polar surface area (TPSA) is 24.9 Å². The third-order valence-corrected chi connectivity index (χ3v) is 3.12. The summed E-state index contributed by atoms with van der Waals surface area (Å²) in [5.41, 5.74) is 2.79. The van der Waals surface area contributed by atoms with Crippen LogP contribution < -0.4 is 5.32 Å². The summed E-state index contributed by atoms with van der Waals surface area (Å²) in [5, 5.41) is 3.99. The van der Waals surface area contributed by atoms with E-state index in [-0.39, 0.29) is 11.2 Å². The molecule has 1 aromatic carbocycles. The van der Waals surface area contributed by atoms with E-state index in [1.165, 1.54) is 6.07 Å². The standard InChI is InChI=1S/C15H19FN2/c1-9-6-11(16)7-10-8-12(15(2,3)4)14(17-5)18-13(9)10/h6-8H,1-5H3,(H,17,18).